The highest BCUT2D eigenvalue weighted by molar-refractivity contribution is 7.08. The van der Waals surface area contributed by atoms with E-state index < -0.39 is 0 Å². The van der Waals surface area contributed by atoms with E-state index in [-0.39, 0.29) is 18.6 Å². The predicted molar refractivity (Wildman–Crippen MR) is 132 cm³/mol. The fourth-order valence-corrected chi connectivity index (χ4v) is 4.69. The summed E-state index contributed by atoms with van der Waals surface area (Å²) in [5.41, 5.74) is 4.48. The number of aliphatic hydroxyl groups excluding tert-OH is 1. The number of anilines is 1. The zero-order valence-electron chi connectivity index (χ0n) is 18.8. The van der Waals surface area contributed by atoms with Crippen LogP contribution in [0.2, 0.25) is 0 Å². The number of aliphatic hydroxyl groups is 1. The average molecular weight is 465 g/mol. The van der Waals surface area contributed by atoms with Crippen molar-refractivity contribution in [3.05, 3.63) is 82.1 Å². The third kappa shape index (κ3) is 5.05. The van der Waals surface area contributed by atoms with Crippen molar-refractivity contribution < 1.29 is 19.4 Å². The van der Waals surface area contributed by atoms with E-state index >= 15 is 0 Å². The molecule has 2 N–H and O–H groups in total. The number of carbonyl (C=O) groups is 1. The van der Waals surface area contributed by atoms with Crippen molar-refractivity contribution >= 4 is 28.5 Å². The van der Waals surface area contributed by atoms with Crippen LogP contribution in [0.25, 0.3) is 5.57 Å². The van der Waals surface area contributed by atoms with E-state index in [1.165, 1.54) is 0 Å². The van der Waals surface area contributed by atoms with Crippen LogP contribution in [0.5, 0.6) is 11.5 Å². The highest BCUT2D eigenvalue weighted by Crippen LogP contribution is 2.36. The van der Waals surface area contributed by atoms with Gasteiger partial charge in [-0.3, -0.25) is 4.79 Å². The lowest BCUT2D eigenvalue weighted by Gasteiger charge is -2.34. The first-order valence-electron chi connectivity index (χ1n) is 10.8. The molecule has 0 fully saturated rings. The van der Waals surface area contributed by atoms with Crippen LogP contribution in [0, 0.1) is 0 Å². The average Bonchev–Trinajstić information content (AvgIpc) is 3.42. The standard InChI is InChI=1S/C26H28N2O4S/c1-27-23-14-25(32-16-18-6-4-3-5-7-18)24(31-2)13-22(23)26(30)28-10-8-19(12-21(28)15-29)20-9-11-33-17-20/h3-9,11,13-14,17,21,27,29H,10,12,15-16H2,1-2H3/t21-/m0/s1. The van der Waals surface area contributed by atoms with Gasteiger partial charge in [0.15, 0.2) is 11.5 Å². The molecular weight excluding hydrogens is 436 g/mol. The van der Waals surface area contributed by atoms with Gasteiger partial charge in [0.1, 0.15) is 6.61 Å². The summed E-state index contributed by atoms with van der Waals surface area (Å²) in [5, 5.41) is 17.3. The second-order valence-corrected chi connectivity index (χ2v) is 8.59. The van der Waals surface area contributed by atoms with Gasteiger partial charge in [0.2, 0.25) is 0 Å². The van der Waals surface area contributed by atoms with Crippen LogP contribution in [0.4, 0.5) is 5.69 Å². The first-order chi connectivity index (χ1) is 16.1. The molecule has 6 nitrogen and oxygen atoms in total. The minimum Gasteiger partial charge on any atom is -0.493 e. The monoisotopic (exact) mass is 464 g/mol. The number of hydrogen-bond donors (Lipinski definition) is 2. The summed E-state index contributed by atoms with van der Waals surface area (Å²) in [6.07, 6.45) is 2.68. The lowest BCUT2D eigenvalue weighted by Crippen LogP contribution is -2.45. The molecule has 0 radical (unpaired) electrons. The number of thiophene rings is 1. The van der Waals surface area contributed by atoms with Crippen LogP contribution >= 0.6 is 11.3 Å². The van der Waals surface area contributed by atoms with E-state index in [0.29, 0.717) is 42.3 Å². The normalized spacial score (nSPS) is 15.7. The first kappa shape index (κ1) is 22.9. The molecule has 172 valence electrons. The second-order valence-electron chi connectivity index (χ2n) is 7.81. The van der Waals surface area contributed by atoms with Crippen molar-refractivity contribution in [2.24, 2.45) is 0 Å². The largest absolute Gasteiger partial charge is 0.493 e. The highest BCUT2D eigenvalue weighted by atomic mass is 32.1. The summed E-state index contributed by atoms with van der Waals surface area (Å²) in [6.45, 7) is 0.729. The lowest BCUT2D eigenvalue weighted by molar-refractivity contribution is 0.0619. The molecule has 1 aromatic heterocycles. The summed E-state index contributed by atoms with van der Waals surface area (Å²) >= 11 is 1.64. The minimum atomic E-state index is -0.290. The third-order valence-electron chi connectivity index (χ3n) is 5.83. The van der Waals surface area contributed by atoms with Gasteiger partial charge in [-0.25, -0.2) is 0 Å². The molecule has 0 unspecified atom stereocenters. The number of carbonyl (C=O) groups excluding carboxylic acids is 1. The minimum absolute atomic E-state index is 0.0997. The molecule has 0 aliphatic carbocycles. The van der Waals surface area contributed by atoms with Gasteiger partial charge >= 0.3 is 0 Å². The third-order valence-corrected chi connectivity index (χ3v) is 6.52. The van der Waals surface area contributed by atoms with Crippen LogP contribution in [0.15, 0.2) is 65.4 Å². The van der Waals surface area contributed by atoms with E-state index in [4.69, 9.17) is 9.47 Å². The van der Waals surface area contributed by atoms with Gasteiger partial charge in [-0.05, 0) is 46.0 Å². The SMILES string of the molecule is CNc1cc(OCc2ccccc2)c(OC)cc1C(=O)N1CC=C(c2ccsc2)C[C@H]1CO. The van der Waals surface area contributed by atoms with E-state index in [2.05, 4.69) is 22.8 Å². The Labute approximate surface area is 198 Å². The molecule has 0 saturated heterocycles. The Hall–Kier alpha value is -3.29. The number of ether oxygens (including phenoxy) is 2. The molecule has 1 aliphatic heterocycles. The fraction of sp³-hybridized carbons (Fsp3) is 0.269. The van der Waals surface area contributed by atoms with Gasteiger partial charge in [0.25, 0.3) is 5.91 Å². The molecule has 1 amide bonds. The van der Waals surface area contributed by atoms with Crippen molar-refractivity contribution in [3.8, 4) is 11.5 Å². The summed E-state index contributed by atoms with van der Waals surface area (Å²) < 4.78 is 11.5. The quantitative estimate of drug-likeness (QED) is 0.507. The Morgan fingerprint density at radius 3 is 2.70 bits per heavy atom. The molecule has 3 aromatic rings. The molecule has 2 aromatic carbocycles. The van der Waals surface area contributed by atoms with E-state index in [9.17, 15) is 9.90 Å². The van der Waals surface area contributed by atoms with Gasteiger partial charge in [0.05, 0.1) is 31.0 Å². The van der Waals surface area contributed by atoms with E-state index in [1.54, 1.807) is 42.5 Å². The maximum absolute atomic E-state index is 13.6. The topological polar surface area (TPSA) is 71.0 Å². The van der Waals surface area contributed by atoms with Gasteiger partial charge < -0.3 is 24.8 Å². The molecule has 0 saturated carbocycles. The van der Waals surface area contributed by atoms with E-state index in [0.717, 1.165) is 16.7 Å². The maximum Gasteiger partial charge on any atom is 0.256 e. The molecular formula is C26H28N2O4S. The van der Waals surface area contributed by atoms with Crippen molar-refractivity contribution in [1.29, 1.82) is 0 Å². The predicted octanol–water partition coefficient (Wildman–Crippen LogP) is 4.67. The number of methoxy groups -OCH3 is 1. The van der Waals surface area contributed by atoms with Gasteiger partial charge in [0, 0.05) is 19.7 Å². The Morgan fingerprint density at radius 1 is 1.21 bits per heavy atom. The second kappa shape index (κ2) is 10.6. The number of hydrogen-bond acceptors (Lipinski definition) is 6. The molecule has 7 heteroatoms. The zero-order chi connectivity index (χ0) is 23.2. The Morgan fingerprint density at radius 2 is 2.03 bits per heavy atom. The Bertz CT molecular complexity index is 1110. The smallest absolute Gasteiger partial charge is 0.256 e. The van der Waals surface area contributed by atoms with Gasteiger partial charge in [-0.1, -0.05) is 36.4 Å². The number of benzene rings is 2. The van der Waals surface area contributed by atoms with Crippen molar-refractivity contribution in [1.82, 2.24) is 4.90 Å². The van der Waals surface area contributed by atoms with Gasteiger partial charge in [-0.2, -0.15) is 11.3 Å². The molecule has 1 aliphatic rings. The van der Waals surface area contributed by atoms with Crippen LogP contribution in [0.3, 0.4) is 0 Å². The fourth-order valence-electron chi connectivity index (χ4n) is 4.01. The molecule has 33 heavy (non-hydrogen) atoms. The Balaban J connectivity index is 1.59. The molecule has 0 spiro atoms. The molecule has 1 atom stereocenters. The first-order valence-corrected chi connectivity index (χ1v) is 11.8. The van der Waals surface area contributed by atoms with Crippen molar-refractivity contribution in [2.45, 2.75) is 19.1 Å². The zero-order valence-corrected chi connectivity index (χ0v) is 19.6. The lowest BCUT2D eigenvalue weighted by atomic mass is 9.95. The van der Waals surface area contributed by atoms with E-state index in [1.807, 2.05) is 35.7 Å². The Kier molecular flexibility index (Phi) is 7.32. The molecule has 0 bridgehead atoms. The molecule has 2 heterocycles. The highest BCUT2D eigenvalue weighted by Gasteiger charge is 2.30. The number of nitrogens with one attached hydrogen (secondary N) is 1. The van der Waals surface area contributed by atoms with Crippen molar-refractivity contribution in [2.75, 3.05) is 32.6 Å². The molecule has 4 rings (SSSR count). The summed E-state index contributed by atoms with van der Waals surface area (Å²) in [6, 6.07) is 15.2. The number of nitrogens with zero attached hydrogens (tertiary/aromatic N) is 1. The van der Waals surface area contributed by atoms with Crippen LogP contribution in [-0.4, -0.2) is 49.3 Å². The summed E-state index contributed by atoms with van der Waals surface area (Å²) in [5.74, 6) is 0.881. The van der Waals surface area contributed by atoms with Crippen LogP contribution in [-0.2, 0) is 6.61 Å². The maximum atomic E-state index is 13.6. The number of rotatable bonds is 8. The summed E-state index contributed by atoms with van der Waals surface area (Å²) in [4.78, 5) is 15.3. The van der Waals surface area contributed by atoms with Crippen LogP contribution < -0.4 is 14.8 Å². The van der Waals surface area contributed by atoms with Crippen LogP contribution in [0.1, 0.15) is 27.9 Å². The van der Waals surface area contributed by atoms with Gasteiger partial charge in [-0.15, -0.1) is 0 Å². The summed E-state index contributed by atoms with van der Waals surface area (Å²) in [7, 11) is 3.33. The van der Waals surface area contributed by atoms with Crippen molar-refractivity contribution in [3.63, 3.8) is 0 Å². The number of amides is 1.